The number of carbonyl (C=O) groups is 2. The Morgan fingerprint density at radius 2 is 2.05 bits per heavy atom. The second-order valence-corrected chi connectivity index (χ2v) is 5.51. The standard InChI is InChI=1S/C16H21NO4/c1-2-16(8-3-4-9-16)15(20)17-12-6-5-7-13(10-12)21-11-14(18)19/h5-7,10H,2-4,8-9,11H2,1H3,(H,17,20)(H,18,19). The first-order valence-corrected chi connectivity index (χ1v) is 7.32. The van der Waals surface area contributed by atoms with E-state index in [1.807, 2.05) is 0 Å². The van der Waals surface area contributed by atoms with Gasteiger partial charge in [0.1, 0.15) is 5.75 Å². The molecule has 1 amide bonds. The first-order valence-electron chi connectivity index (χ1n) is 7.32. The van der Waals surface area contributed by atoms with E-state index in [2.05, 4.69) is 12.2 Å². The van der Waals surface area contributed by atoms with Crippen molar-refractivity contribution in [2.45, 2.75) is 39.0 Å². The van der Waals surface area contributed by atoms with Gasteiger partial charge in [-0.15, -0.1) is 0 Å². The maximum absolute atomic E-state index is 12.5. The number of carboxylic acid groups (broad SMARTS) is 1. The van der Waals surface area contributed by atoms with Gasteiger partial charge >= 0.3 is 5.97 Å². The van der Waals surface area contributed by atoms with Crippen molar-refractivity contribution in [3.8, 4) is 5.75 Å². The number of rotatable bonds is 6. The zero-order valence-electron chi connectivity index (χ0n) is 12.2. The highest BCUT2D eigenvalue weighted by Gasteiger charge is 2.39. The molecule has 0 bridgehead atoms. The zero-order valence-corrected chi connectivity index (χ0v) is 12.2. The minimum Gasteiger partial charge on any atom is -0.482 e. The summed E-state index contributed by atoms with van der Waals surface area (Å²) in [6.07, 6.45) is 4.91. The van der Waals surface area contributed by atoms with Crippen molar-refractivity contribution in [1.82, 2.24) is 0 Å². The van der Waals surface area contributed by atoms with Crippen LogP contribution in [0.4, 0.5) is 5.69 Å². The van der Waals surface area contributed by atoms with E-state index in [4.69, 9.17) is 9.84 Å². The van der Waals surface area contributed by atoms with E-state index in [0.29, 0.717) is 11.4 Å². The van der Waals surface area contributed by atoms with Gasteiger partial charge < -0.3 is 15.2 Å². The predicted octanol–water partition coefficient (Wildman–Crippen LogP) is 3.06. The lowest BCUT2D eigenvalue weighted by Gasteiger charge is -2.26. The smallest absolute Gasteiger partial charge is 0.341 e. The van der Waals surface area contributed by atoms with Gasteiger partial charge in [0.2, 0.25) is 5.91 Å². The molecule has 1 aliphatic rings. The van der Waals surface area contributed by atoms with Crippen molar-refractivity contribution in [3.05, 3.63) is 24.3 Å². The minimum absolute atomic E-state index is 0.0536. The molecule has 21 heavy (non-hydrogen) atoms. The second kappa shape index (κ2) is 6.61. The van der Waals surface area contributed by atoms with Gasteiger partial charge in [0.05, 0.1) is 0 Å². The van der Waals surface area contributed by atoms with Gasteiger partial charge in [-0.25, -0.2) is 4.79 Å². The molecule has 1 fully saturated rings. The van der Waals surface area contributed by atoms with Crippen LogP contribution in [0.25, 0.3) is 0 Å². The monoisotopic (exact) mass is 291 g/mol. The molecule has 0 spiro atoms. The third-order valence-corrected chi connectivity index (χ3v) is 4.17. The van der Waals surface area contributed by atoms with Crippen LogP contribution in [-0.2, 0) is 9.59 Å². The Bertz CT molecular complexity index is 521. The van der Waals surface area contributed by atoms with Crippen molar-refractivity contribution in [1.29, 1.82) is 0 Å². The number of hydrogen-bond donors (Lipinski definition) is 2. The number of benzene rings is 1. The van der Waals surface area contributed by atoms with Gasteiger partial charge in [-0.05, 0) is 31.4 Å². The number of hydrogen-bond acceptors (Lipinski definition) is 3. The Morgan fingerprint density at radius 3 is 2.67 bits per heavy atom. The summed E-state index contributed by atoms with van der Waals surface area (Å²) in [5.74, 6) is -0.537. The molecule has 0 radical (unpaired) electrons. The predicted molar refractivity (Wildman–Crippen MR) is 79.4 cm³/mol. The molecular weight excluding hydrogens is 270 g/mol. The second-order valence-electron chi connectivity index (χ2n) is 5.51. The van der Waals surface area contributed by atoms with Crippen molar-refractivity contribution < 1.29 is 19.4 Å². The van der Waals surface area contributed by atoms with Crippen molar-refractivity contribution in [3.63, 3.8) is 0 Å². The van der Waals surface area contributed by atoms with Gasteiger partial charge in [0.15, 0.2) is 6.61 Å². The number of nitrogens with one attached hydrogen (secondary N) is 1. The molecule has 2 N–H and O–H groups in total. The van der Waals surface area contributed by atoms with Gasteiger partial charge in [0.25, 0.3) is 0 Å². The van der Waals surface area contributed by atoms with Gasteiger partial charge in [-0.1, -0.05) is 25.8 Å². The highest BCUT2D eigenvalue weighted by Crippen LogP contribution is 2.41. The van der Waals surface area contributed by atoms with E-state index in [1.54, 1.807) is 24.3 Å². The van der Waals surface area contributed by atoms with Crippen molar-refractivity contribution in [2.75, 3.05) is 11.9 Å². The van der Waals surface area contributed by atoms with Gasteiger partial charge in [-0.2, -0.15) is 0 Å². The lowest BCUT2D eigenvalue weighted by molar-refractivity contribution is -0.139. The van der Waals surface area contributed by atoms with Crippen LogP contribution in [0.3, 0.4) is 0 Å². The normalized spacial score (nSPS) is 16.4. The number of ether oxygens (including phenoxy) is 1. The Morgan fingerprint density at radius 1 is 1.33 bits per heavy atom. The molecule has 1 saturated carbocycles. The fourth-order valence-electron chi connectivity index (χ4n) is 2.87. The summed E-state index contributed by atoms with van der Waals surface area (Å²) in [6, 6.07) is 6.84. The molecule has 1 aliphatic carbocycles. The third kappa shape index (κ3) is 3.74. The molecule has 2 rings (SSSR count). The molecule has 0 aromatic heterocycles. The Labute approximate surface area is 124 Å². The average Bonchev–Trinajstić information content (AvgIpc) is 2.96. The average molecular weight is 291 g/mol. The van der Waals surface area contributed by atoms with E-state index in [1.165, 1.54) is 0 Å². The van der Waals surface area contributed by atoms with E-state index in [-0.39, 0.29) is 11.3 Å². The Hall–Kier alpha value is -2.04. The molecule has 0 unspecified atom stereocenters. The summed E-state index contributed by atoms with van der Waals surface area (Å²) in [5, 5.41) is 11.5. The lowest BCUT2D eigenvalue weighted by Crippen LogP contribution is -2.33. The number of anilines is 1. The molecule has 0 heterocycles. The summed E-state index contributed by atoms with van der Waals surface area (Å²) >= 11 is 0. The summed E-state index contributed by atoms with van der Waals surface area (Å²) in [5.41, 5.74) is 0.389. The summed E-state index contributed by atoms with van der Waals surface area (Å²) < 4.78 is 5.12. The maximum atomic E-state index is 12.5. The number of carboxylic acids is 1. The quantitative estimate of drug-likeness (QED) is 0.844. The first-order chi connectivity index (χ1) is 10.1. The highest BCUT2D eigenvalue weighted by molar-refractivity contribution is 5.95. The van der Waals surface area contributed by atoms with Crippen LogP contribution in [0.5, 0.6) is 5.75 Å². The van der Waals surface area contributed by atoms with Crippen LogP contribution in [0.2, 0.25) is 0 Å². The molecule has 0 aliphatic heterocycles. The molecule has 114 valence electrons. The number of amides is 1. The Balaban J connectivity index is 2.03. The first kappa shape index (κ1) is 15.4. The van der Waals surface area contributed by atoms with Gasteiger partial charge in [0, 0.05) is 17.2 Å². The van der Waals surface area contributed by atoms with Crippen molar-refractivity contribution in [2.24, 2.45) is 5.41 Å². The Kier molecular flexibility index (Phi) is 4.83. The van der Waals surface area contributed by atoms with Crippen LogP contribution >= 0.6 is 0 Å². The van der Waals surface area contributed by atoms with Crippen LogP contribution in [-0.4, -0.2) is 23.6 Å². The molecule has 1 aromatic carbocycles. The molecule has 0 atom stereocenters. The highest BCUT2D eigenvalue weighted by atomic mass is 16.5. The minimum atomic E-state index is -1.03. The largest absolute Gasteiger partial charge is 0.482 e. The van der Waals surface area contributed by atoms with E-state index < -0.39 is 12.6 Å². The maximum Gasteiger partial charge on any atom is 0.341 e. The zero-order chi connectivity index (χ0) is 15.3. The van der Waals surface area contributed by atoms with E-state index in [0.717, 1.165) is 32.1 Å². The fraction of sp³-hybridized carbons (Fsp3) is 0.500. The van der Waals surface area contributed by atoms with Crippen LogP contribution in [0.1, 0.15) is 39.0 Å². The number of carbonyl (C=O) groups excluding carboxylic acids is 1. The molecule has 5 heteroatoms. The van der Waals surface area contributed by atoms with Crippen LogP contribution in [0.15, 0.2) is 24.3 Å². The third-order valence-electron chi connectivity index (χ3n) is 4.17. The molecular formula is C16H21NO4. The topological polar surface area (TPSA) is 75.6 Å². The lowest BCUT2D eigenvalue weighted by atomic mass is 9.82. The van der Waals surface area contributed by atoms with E-state index in [9.17, 15) is 9.59 Å². The van der Waals surface area contributed by atoms with Crippen molar-refractivity contribution >= 4 is 17.6 Å². The summed E-state index contributed by atoms with van der Waals surface area (Å²) in [7, 11) is 0. The SMILES string of the molecule is CCC1(C(=O)Nc2cccc(OCC(=O)O)c2)CCCC1. The molecule has 0 saturated heterocycles. The fourth-order valence-corrected chi connectivity index (χ4v) is 2.87. The summed E-state index contributed by atoms with van der Waals surface area (Å²) in [4.78, 5) is 23.0. The van der Waals surface area contributed by atoms with Gasteiger partial charge in [-0.3, -0.25) is 4.79 Å². The number of aliphatic carboxylic acids is 1. The molecule has 5 nitrogen and oxygen atoms in total. The van der Waals surface area contributed by atoms with Crippen LogP contribution in [0, 0.1) is 5.41 Å². The van der Waals surface area contributed by atoms with E-state index >= 15 is 0 Å². The van der Waals surface area contributed by atoms with Crippen LogP contribution < -0.4 is 10.1 Å². The summed E-state index contributed by atoms with van der Waals surface area (Å²) in [6.45, 7) is 1.66. The molecule has 1 aromatic rings.